The van der Waals surface area contributed by atoms with E-state index in [2.05, 4.69) is 5.32 Å². The van der Waals surface area contributed by atoms with Crippen LogP contribution in [0.3, 0.4) is 0 Å². The van der Waals surface area contributed by atoms with E-state index in [-0.39, 0.29) is 24.2 Å². The lowest BCUT2D eigenvalue weighted by Crippen LogP contribution is -2.59. The lowest BCUT2D eigenvalue weighted by molar-refractivity contribution is -0.144. The van der Waals surface area contributed by atoms with E-state index in [0.29, 0.717) is 18.7 Å². The molecule has 1 N–H and O–H groups in total. The molecule has 0 saturated carbocycles. The number of piperazine rings is 1. The van der Waals surface area contributed by atoms with Crippen molar-refractivity contribution in [2.24, 2.45) is 5.92 Å². The minimum absolute atomic E-state index is 0.0192. The topological polar surface area (TPSA) is 49.4 Å². The van der Waals surface area contributed by atoms with E-state index in [9.17, 15) is 22.8 Å². The van der Waals surface area contributed by atoms with Crippen LogP contribution in [-0.4, -0.2) is 35.8 Å². The minimum Gasteiger partial charge on any atom is -0.353 e. The van der Waals surface area contributed by atoms with Crippen molar-refractivity contribution in [3.63, 3.8) is 0 Å². The molecule has 1 heterocycles. The maximum Gasteiger partial charge on any atom is 0.416 e. The van der Waals surface area contributed by atoms with Gasteiger partial charge in [0, 0.05) is 13.1 Å². The van der Waals surface area contributed by atoms with Crippen molar-refractivity contribution in [2.75, 3.05) is 13.1 Å². The zero-order chi connectivity index (χ0) is 17.2. The predicted octanol–water partition coefficient (Wildman–Crippen LogP) is 2.23. The number of carbonyl (C=O) groups is 2. The highest BCUT2D eigenvalue weighted by Crippen LogP contribution is 2.29. The molecule has 0 bridgehead atoms. The largest absolute Gasteiger partial charge is 0.416 e. The van der Waals surface area contributed by atoms with Crippen molar-refractivity contribution in [1.29, 1.82) is 0 Å². The average molecular weight is 328 g/mol. The summed E-state index contributed by atoms with van der Waals surface area (Å²) in [4.78, 5) is 25.9. The summed E-state index contributed by atoms with van der Waals surface area (Å²) in [6.45, 7) is 4.51. The van der Waals surface area contributed by atoms with Gasteiger partial charge in [0.15, 0.2) is 0 Å². The van der Waals surface area contributed by atoms with Gasteiger partial charge in [-0.25, -0.2) is 0 Å². The van der Waals surface area contributed by atoms with Crippen molar-refractivity contribution in [3.8, 4) is 0 Å². The molecule has 23 heavy (non-hydrogen) atoms. The van der Waals surface area contributed by atoms with E-state index in [4.69, 9.17) is 0 Å². The lowest BCUT2D eigenvalue weighted by atomic mass is 9.98. The zero-order valence-electron chi connectivity index (χ0n) is 13.0. The summed E-state index contributed by atoms with van der Waals surface area (Å²) in [6.07, 6.45) is -4.41. The maximum atomic E-state index is 12.5. The number of hydrogen-bond donors (Lipinski definition) is 1. The third-order valence-electron chi connectivity index (χ3n) is 3.84. The monoisotopic (exact) mass is 328 g/mol. The number of amides is 2. The number of benzene rings is 1. The minimum atomic E-state index is -4.39. The molecule has 0 aliphatic carbocycles. The van der Waals surface area contributed by atoms with Gasteiger partial charge in [0.05, 0.1) is 12.0 Å². The number of alkyl halides is 3. The summed E-state index contributed by atoms with van der Waals surface area (Å²) < 4.78 is 37.6. The second kappa shape index (κ2) is 6.60. The number of carbonyl (C=O) groups excluding carboxylic acids is 2. The molecular formula is C16H19F3N2O2. The standard InChI is InChI=1S/C16H19F3N2O2/c1-10(2)14-15(23)20-7-8-21(14)13(22)9-11-3-5-12(6-4-11)16(17,18)19/h3-6,10,14H,7-9H2,1-2H3,(H,20,23). The van der Waals surface area contributed by atoms with Crippen molar-refractivity contribution >= 4 is 11.8 Å². The molecule has 7 heteroatoms. The highest BCUT2D eigenvalue weighted by molar-refractivity contribution is 5.89. The summed E-state index contributed by atoms with van der Waals surface area (Å²) in [5, 5.41) is 2.73. The quantitative estimate of drug-likeness (QED) is 0.925. The zero-order valence-corrected chi connectivity index (χ0v) is 13.0. The molecule has 1 aliphatic rings. The Morgan fingerprint density at radius 3 is 2.43 bits per heavy atom. The molecule has 1 fully saturated rings. The van der Waals surface area contributed by atoms with Crippen LogP contribution in [0.5, 0.6) is 0 Å². The lowest BCUT2D eigenvalue weighted by Gasteiger charge is -2.37. The molecule has 126 valence electrons. The fourth-order valence-corrected chi connectivity index (χ4v) is 2.71. The van der Waals surface area contributed by atoms with Gasteiger partial charge in [0.25, 0.3) is 0 Å². The second-order valence-electron chi connectivity index (χ2n) is 5.94. The first-order valence-corrected chi connectivity index (χ1v) is 7.43. The number of nitrogens with zero attached hydrogens (tertiary/aromatic N) is 1. The van der Waals surface area contributed by atoms with E-state index < -0.39 is 17.8 Å². The van der Waals surface area contributed by atoms with Crippen LogP contribution in [0.4, 0.5) is 13.2 Å². The maximum absolute atomic E-state index is 12.5. The van der Waals surface area contributed by atoms with Gasteiger partial charge in [0.2, 0.25) is 11.8 Å². The van der Waals surface area contributed by atoms with E-state index in [1.54, 1.807) is 0 Å². The smallest absolute Gasteiger partial charge is 0.353 e. The first kappa shape index (κ1) is 17.3. The summed E-state index contributed by atoms with van der Waals surface area (Å²) in [5.41, 5.74) is -0.248. The number of halogens is 3. The van der Waals surface area contributed by atoms with Gasteiger partial charge >= 0.3 is 6.18 Å². The van der Waals surface area contributed by atoms with Crippen LogP contribution in [0, 0.1) is 5.92 Å². The van der Waals surface area contributed by atoms with Crippen LogP contribution in [-0.2, 0) is 22.2 Å². The Bertz CT molecular complexity index is 582. The average Bonchev–Trinajstić information content (AvgIpc) is 2.46. The van der Waals surface area contributed by atoms with Crippen LogP contribution in [0.25, 0.3) is 0 Å². The van der Waals surface area contributed by atoms with E-state index >= 15 is 0 Å². The molecule has 2 rings (SSSR count). The van der Waals surface area contributed by atoms with Crippen molar-refractivity contribution < 1.29 is 22.8 Å². The Morgan fingerprint density at radius 2 is 1.91 bits per heavy atom. The van der Waals surface area contributed by atoms with Crippen LogP contribution in [0.2, 0.25) is 0 Å². The summed E-state index contributed by atoms with van der Waals surface area (Å²) in [7, 11) is 0. The van der Waals surface area contributed by atoms with E-state index in [1.807, 2.05) is 13.8 Å². The summed E-state index contributed by atoms with van der Waals surface area (Å²) >= 11 is 0. The van der Waals surface area contributed by atoms with Gasteiger partial charge in [-0.3, -0.25) is 9.59 Å². The Kier molecular flexibility index (Phi) is 4.97. The van der Waals surface area contributed by atoms with Gasteiger partial charge in [-0.15, -0.1) is 0 Å². The molecule has 1 aliphatic heterocycles. The molecule has 4 nitrogen and oxygen atoms in total. The van der Waals surface area contributed by atoms with Crippen LogP contribution in [0.15, 0.2) is 24.3 Å². The highest BCUT2D eigenvalue weighted by Gasteiger charge is 2.35. The van der Waals surface area contributed by atoms with Gasteiger partial charge in [-0.05, 0) is 23.6 Å². The molecule has 1 atom stereocenters. The Labute approximate surface area is 132 Å². The third-order valence-corrected chi connectivity index (χ3v) is 3.84. The number of nitrogens with one attached hydrogen (secondary N) is 1. The van der Waals surface area contributed by atoms with Crippen molar-refractivity contribution in [3.05, 3.63) is 35.4 Å². The fourth-order valence-electron chi connectivity index (χ4n) is 2.71. The highest BCUT2D eigenvalue weighted by atomic mass is 19.4. The first-order valence-electron chi connectivity index (χ1n) is 7.43. The fraction of sp³-hybridized carbons (Fsp3) is 0.500. The normalized spacial score (nSPS) is 19.0. The summed E-state index contributed by atoms with van der Waals surface area (Å²) in [6, 6.07) is 3.99. The van der Waals surface area contributed by atoms with Gasteiger partial charge in [0.1, 0.15) is 6.04 Å². The Balaban J connectivity index is 2.10. The molecule has 0 radical (unpaired) electrons. The van der Waals surface area contributed by atoms with Crippen LogP contribution in [0.1, 0.15) is 25.0 Å². The molecule has 1 aromatic carbocycles. The molecule has 1 saturated heterocycles. The van der Waals surface area contributed by atoms with Crippen molar-refractivity contribution in [1.82, 2.24) is 10.2 Å². The van der Waals surface area contributed by atoms with Gasteiger partial charge in [-0.1, -0.05) is 26.0 Å². The van der Waals surface area contributed by atoms with Crippen LogP contribution < -0.4 is 5.32 Å². The third kappa shape index (κ3) is 4.03. The number of rotatable bonds is 3. The molecule has 1 unspecified atom stereocenters. The van der Waals surface area contributed by atoms with Crippen LogP contribution >= 0.6 is 0 Å². The number of hydrogen-bond acceptors (Lipinski definition) is 2. The van der Waals surface area contributed by atoms with Gasteiger partial charge in [-0.2, -0.15) is 13.2 Å². The Hall–Kier alpha value is -2.05. The molecule has 0 spiro atoms. The van der Waals surface area contributed by atoms with E-state index in [1.165, 1.54) is 17.0 Å². The molecular weight excluding hydrogens is 309 g/mol. The van der Waals surface area contributed by atoms with E-state index in [0.717, 1.165) is 12.1 Å². The predicted molar refractivity (Wildman–Crippen MR) is 78.5 cm³/mol. The van der Waals surface area contributed by atoms with Crippen molar-refractivity contribution in [2.45, 2.75) is 32.5 Å². The second-order valence-corrected chi connectivity index (χ2v) is 5.94. The first-order chi connectivity index (χ1) is 10.7. The molecule has 2 amide bonds. The van der Waals surface area contributed by atoms with Gasteiger partial charge < -0.3 is 10.2 Å². The molecule has 0 aromatic heterocycles. The molecule has 1 aromatic rings. The summed E-state index contributed by atoms with van der Waals surface area (Å²) in [5.74, 6) is -0.475. The SMILES string of the molecule is CC(C)C1C(=O)NCCN1C(=O)Cc1ccc(C(F)(F)F)cc1. The Morgan fingerprint density at radius 1 is 1.30 bits per heavy atom.